The van der Waals surface area contributed by atoms with Gasteiger partial charge >= 0.3 is 13.3 Å². The van der Waals surface area contributed by atoms with Crippen LogP contribution in [0.4, 0.5) is 0 Å². The molecule has 5 N–H and O–H groups in total. The lowest BCUT2D eigenvalue weighted by Gasteiger charge is -2.18. The largest absolute Gasteiger partial charge is 0.396 e. The molecule has 40 heavy (non-hydrogen) atoms. The summed E-state index contributed by atoms with van der Waals surface area (Å²) in [7, 11) is -3.11. The topological polar surface area (TPSA) is 149 Å². The molecular weight excluding hydrogens is 531 g/mol. The zero-order valence-electron chi connectivity index (χ0n) is 24.6. The highest BCUT2D eigenvalue weighted by molar-refractivity contribution is 7.53. The second-order valence-electron chi connectivity index (χ2n) is 10.6. The summed E-state index contributed by atoms with van der Waals surface area (Å²) in [4.78, 5) is 31.1. The first-order valence-corrected chi connectivity index (χ1v) is 17.2. The van der Waals surface area contributed by atoms with E-state index in [0.29, 0.717) is 56.5 Å². The van der Waals surface area contributed by atoms with Crippen molar-refractivity contribution in [3.8, 4) is 0 Å². The van der Waals surface area contributed by atoms with E-state index in [-0.39, 0.29) is 0 Å². The maximum Gasteiger partial charge on any atom is 0.330 e. The third kappa shape index (κ3) is 14.3. The zero-order chi connectivity index (χ0) is 28.9. The van der Waals surface area contributed by atoms with Crippen molar-refractivity contribution in [3.63, 3.8) is 0 Å². The van der Waals surface area contributed by atoms with E-state index in [1.54, 1.807) is 6.20 Å². The lowest BCUT2D eigenvalue weighted by molar-refractivity contribution is 0.207. The van der Waals surface area contributed by atoms with Crippen molar-refractivity contribution in [2.75, 3.05) is 32.5 Å². The third-order valence-corrected chi connectivity index (χ3v) is 9.26. The highest BCUT2D eigenvalue weighted by Gasteiger charge is 2.23. The fourth-order valence-corrected chi connectivity index (χ4v) is 6.61. The SMILES string of the molecule is CCOP(=O)(CCCNCc1c[nH]c2c(=O)[nH]c(=O)[nH]c12)OCCCCCCCCCCCCCCCCCO. The van der Waals surface area contributed by atoms with Gasteiger partial charge in [0, 0.05) is 24.9 Å². The summed E-state index contributed by atoms with van der Waals surface area (Å²) in [6.45, 7) is 4.04. The van der Waals surface area contributed by atoms with Crippen LogP contribution in [0.3, 0.4) is 0 Å². The van der Waals surface area contributed by atoms with E-state index in [9.17, 15) is 14.2 Å². The minimum atomic E-state index is -3.11. The third-order valence-electron chi connectivity index (χ3n) is 7.17. The summed E-state index contributed by atoms with van der Waals surface area (Å²) in [5.74, 6) is 0. The van der Waals surface area contributed by atoms with Gasteiger partial charge in [-0.2, -0.15) is 0 Å². The number of hydrogen-bond donors (Lipinski definition) is 5. The van der Waals surface area contributed by atoms with E-state index in [1.807, 2.05) is 6.92 Å². The second-order valence-corrected chi connectivity index (χ2v) is 12.8. The first-order chi connectivity index (χ1) is 19.5. The lowest BCUT2D eigenvalue weighted by atomic mass is 10.0. The smallest absolute Gasteiger partial charge is 0.330 e. The molecule has 0 aliphatic rings. The summed E-state index contributed by atoms with van der Waals surface area (Å²) >= 11 is 0. The van der Waals surface area contributed by atoms with Gasteiger partial charge in [-0.1, -0.05) is 83.5 Å². The Balaban J connectivity index is 1.47. The number of nitrogens with one attached hydrogen (secondary N) is 4. The molecule has 2 aromatic heterocycles. The van der Waals surface area contributed by atoms with Gasteiger partial charge in [0.1, 0.15) is 5.52 Å². The molecule has 230 valence electrons. The van der Waals surface area contributed by atoms with Crippen LogP contribution in [0.5, 0.6) is 0 Å². The van der Waals surface area contributed by atoms with Crippen molar-refractivity contribution < 1.29 is 18.7 Å². The van der Waals surface area contributed by atoms with Crippen molar-refractivity contribution >= 4 is 18.6 Å². The number of aliphatic hydroxyl groups is 1. The van der Waals surface area contributed by atoms with Gasteiger partial charge < -0.3 is 29.4 Å². The lowest BCUT2D eigenvalue weighted by Crippen LogP contribution is -2.22. The molecule has 0 aromatic carbocycles. The number of unbranched alkanes of at least 4 members (excludes halogenated alkanes) is 14. The van der Waals surface area contributed by atoms with Crippen LogP contribution in [0.25, 0.3) is 11.0 Å². The van der Waals surface area contributed by atoms with Crippen LogP contribution in [0.2, 0.25) is 0 Å². The average Bonchev–Trinajstić information content (AvgIpc) is 3.33. The van der Waals surface area contributed by atoms with Crippen molar-refractivity contribution in [1.29, 1.82) is 0 Å². The highest BCUT2D eigenvalue weighted by Crippen LogP contribution is 2.48. The van der Waals surface area contributed by atoms with Crippen LogP contribution in [0, 0.1) is 0 Å². The zero-order valence-corrected chi connectivity index (χ0v) is 25.5. The molecular formula is C29H53N4O6P. The molecule has 2 aromatic rings. The minimum absolute atomic E-state index is 0.330. The normalized spacial score (nSPS) is 13.2. The van der Waals surface area contributed by atoms with Crippen molar-refractivity contribution in [1.82, 2.24) is 20.3 Å². The molecule has 0 aliphatic heterocycles. The maximum atomic E-state index is 13.1. The van der Waals surface area contributed by atoms with Gasteiger partial charge in [0.25, 0.3) is 5.56 Å². The number of aromatic nitrogens is 3. The molecule has 0 bridgehead atoms. The quantitative estimate of drug-likeness (QED) is 0.0661. The molecule has 0 fully saturated rings. The molecule has 2 heterocycles. The fourth-order valence-electron chi connectivity index (χ4n) is 4.94. The molecule has 0 radical (unpaired) electrons. The van der Waals surface area contributed by atoms with Gasteiger partial charge in [0.2, 0.25) is 0 Å². The number of fused-ring (bicyclic) bond motifs is 1. The number of rotatable bonds is 26. The van der Waals surface area contributed by atoms with E-state index in [4.69, 9.17) is 14.2 Å². The Bertz CT molecular complexity index is 1080. The first kappa shape index (κ1) is 34.5. The van der Waals surface area contributed by atoms with Crippen molar-refractivity contribution in [3.05, 3.63) is 32.6 Å². The first-order valence-electron chi connectivity index (χ1n) is 15.5. The predicted octanol–water partition coefficient (Wildman–Crippen LogP) is 6.11. The van der Waals surface area contributed by atoms with Crippen LogP contribution in [-0.4, -0.2) is 52.6 Å². The van der Waals surface area contributed by atoms with E-state index in [0.717, 1.165) is 31.2 Å². The van der Waals surface area contributed by atoms with Crippen LogP contribution in [-0.2, 0) is 20.2 Å². The van der Waals surface area contributed by atoms with E-state index < -0.39 is 18.8 Å². The average molecular weight is 585 g/mol. The van der Waals surface area contributed by atoms with Gasteiger partial charge in [-0.15, -0.1) is 0 Å². The standard InChI is InChI=1S/C29H53N4O6P/c1-2-38-40(37,22-18-19-30-23-25-24-31-27-26(25)32-29(36)33-28(27)35)39-21-17-15-13-11-9-7-5-3-4-6-8-10-12-14-16-20-34/h24,30-31,34H,2-23H2,1H3,(H2,32,33,35,36). The molecule has 0 spiro atoms. The van der Waals surface area contributed by atoms with E-state index >= 15 is 0 Å². The summed E-state index contributed by atoms with van der Waals surface area (Å²) in [6.07, 6.45) is 21.1. The molecule has 0 saturated carbocycles. The molecule has 11 heteroatoms. The van der Waals surface area contributed by atoms with Gasteiger partial charge in [-0.05, 0) is 32.7 Å². The monoisotopic (exact) mass is 584 g/mol. The fraction of sp³-hybridized carbons (Fsp3) is 0.793. The number of aliphatic hydroxyl groups excluding tert-OH is 1. The minimum Gasteiger partial charge on any atom is -0.396 e. The van der Waals surface area contributed by atoms with Crippen molar-refractivity contribution in [2.24, 2.45) is 0 Å². The Labute approximate surface area is 239 Å². The van der Waals surface area contributed by atoms with E-state index in [2.05, 4.69) is 20.3 Å². The Morgan fingerprint density at radius 1 is 0.775 bits per heavy atom. The highest BCUT2D eigenvalue weighted by atomic mass is 31.2. The van der Waals surface area contributed by atoms with Crippen molar-refractivity contribution in [2.45, 2.75) is 116 Å². The molecule has 10 nitrogen and oxygen atoms in total. The number of hydrogen-bond acceptors (Lipinski definition) is 7. The van der Waals surface area contributed by atoms with Crippen LogP contribution < -0.4 is 16.6 Å². The van der Waals surface area contributed by atoms with Gasteiger partial charge in [-0.25, -0.2) is 4.79 Å². The Morgan fingerprint density at radius 2 is 1.35 bits per heavy atom. The molecule has 1 atom stereocenters. The Morgan fingerprint density at radius 3 is 1.93 bits per heavy atom. The molecule has 0 aliphatic carbocycles. The summed E-state index contributed by atoms with van der Waals surface area (Å²) in [5.41, 5.74) is 0.651. The van der Waals surface area contributed by atoms with Gasteiger partial charge in [0.15, 0.2) is 0 Å². The Hall–Kier alpha value is -1.71. The molecule has 2 rings (SSSR count). The summed E-state index contributed by atoms with van der Waals surface area (Å²) < 4.78 is 24.3. The van der Waals surface area contributed by atoms with Crippen LogP contribution in [0.15, 0.2) is 15.8 Å². The van der Waals surface area contributed by atoms with Gasteiger partial charge in [-0.3, -0.25) is 14.3 Å². The molecule has 0 amide bonds. The van der Waals surface area contributed by atoms with Gasteiger partial charge in [0.05, 0.1) is 24.9 Å². The molecule has 0 saturated heterocycles. The maximum absolute atomic E-state index is 13.1. The summed E-state index contributed by atoms with van der Waals surface area (Å²) in [5, 5.41) is 12.1. The number of aromatic amines is 3. The second kappa shape index (κ2) is 21.1. The van der Waals surface area contributed by atoms with Crippen LogP contribution >= 0.6 is 7.60 Å². The number of H-pyrrole nitrogens is 3. The summed E-state index contributed by atoms with van der Waals surface area (Å²) in [6, 6.07) is 0. The predicted molar refractivity (Wildman–Crippen MR) is 162 cm³/mol. The van der Waals surface area contributed by atoms with Crippen LogP contribution in [0.1, 0.15) is 115 Å². The molecule has 1 unspecified atom stereocenters. The van der Waals surface area contributed by atoms with E-state index in [1.165, 1.54) is 70.6 Å². The Kier molecular flexibility index (Phi) is 18.2.